The fourth-order valence-electron chi connectivity index (χ4n) is 2.10. The number of nitrogens with zero attached hydrogens (tertiary/aromatic N) is 1. The van der Waals surface area contributed by atoms with E-state index in [1.807, 2.05) is 30.9 Å². The number of hydrogen-bond acceptors (Lipinski definition) is 2. The topological polar surface area (TPSA) is 29.5 Å². The molecule has 20 heavy (non-hydrogen) atoms. The molecule has 0 radical (unpaired) electrons. The number of carbonyl (C=O) groups is 1. The maximum absolute atomic E-state index is 11.8. The maximum Gasteiger partial charge on any atom is 0.222 e. The molecule has 0 unspecified atom stereocenters. The summed E-state index contributed by atoms with van der Waals surface area (Å²) in [5.74, 6) is 1.63. The second kappa shape index (κ2) is 8.62. The third-order valence-electron chi connectivity index (χ3n) is 3.47. The summed E-state index contributed by atoms with van der Waals surface area (Å²) in [6.07, 6.45) is 1.33. The first kappa shape index (κ1) is 16.5. The van der Waals surface area contributed by atoms with Gasteiger partial charge in [-0.15, -0.1) is 0 Å². The molecule has 112 valence electrons. The predicted octanol–water partition coefficient (Wildman–Crippen LogP) is 3.84. The van der Waals surface area contributed by atoms with Crippen molar-refractivity contribution in [3.05, 3.63) is 29.8 Å². The molecule has 1 aromatic carbocycles. The van der Waals surface area contributed by atoms with Gasteiger partial charge in [0.2, 0.25) is 5.91 Å². The highest BCUT2D eigenvalue weighted by Gasteiger charge is 2.08. The summed E-state index contributed by atoms with van der Waals surface area (Å²) in [4.78, 5) is 13.7. The summed E-state index contributed by atoms with van der Waals surface area (Å²) in [6, 6.07) is 8.20. The second-order valence-corrected chi connectivity index (χ2v) is 5.24. The molecule has 0 spiro atoms. The number of rotatable bonds is 8. The van der Waals surface area contributed by atoms with Gasteiger partial charge in [0.25, 0.3) is 0 Å². The molecule has 0 N–H and O–H groups in total. The predicted molar refractivity (Wildman–Crippen MR) is 83.2 cm³/mol. The monoisotopic (exact) mass is 277 g/mol. The van der Waals surface area contributed by atoms with Gasteiger partial charge in [-0.2, -0.15) is 0 Å². The standard InChI is InChI=1S/C17H27NO2/c1-5-18(6-2)17(19)8-7-13-20-16-11-9-15(10-12-16)14(3)4/h9-12,14H,5-8,13H2,1-4H3. The van der Waals surface area contributed by atoms with Gasteiger partial charge in [0.15, 0.2) is 0 Å². The van der Waals surface area contributed by atoms with E-state index < -0.39 is 0 Å². The van der Waals surface area contributed by atoms with Crippen molar-refractivity contribution in [1.82, 2.24) is 4.90 Å². The fourth-order valence-corrected chi connectivity index (χ4v) is 2.10. The number of benzene rings is 1. The van der Waals surface area contributed by atoms with Gasteiger partial charge in [-0.3, -0.25) is 4.79 Å². The van der Waals surface area contributed by atoms with Crippen molar-refractivity contribution in [3.63, 3.8) is 0 Å². The van der Waals surface area contributed by atoms with Gasteiger partial charge in [-0.05, 0) is 43.9 Å². The maximum atomic E-state index is 11.8. The van der Waals surface area contributed by atoms with Crippen LogP contribution < -0.4 is 4.74 Å². The first-order chi connectivity index (χ1) is 9.58. The average molecular weight is 277 g/mol. The van der Waals surface area contributed by atoms with E-state index in [0.29, 0.717) is 18.9 Å². The Kier molecular flexibility index (Phi) is 7.13. The Morgan fingerprint density at radius 2 is 1.75 bits per heavy atom. The van der Waals surface area contributed by atoms with Crippen LogP contribution in [-0.4, -0.2) is 30.5 Å². The van der Waals surface area contributed by atoms with E-state index in [9.17, 15) is 4.79 Å². The van der Waals surface area contributed by atoms with E-state index in [-0.39, 0.29) is 5.91 Å². The van der Waals surface area contributed by atoms with Crippen molar-refractivity contribution in [2.24, 2.45) is 0 Å². The van der Waals surface area contributed by atoms with Gasteiger partial charge in [-0.1, -0.05) is 26.0 Å². The largest absolute Gasteiger partial charge is 0.494 e. The van der Waals surface area contributed by atoms with Gasteiger partial charge in [0.1, 0.15) is 5.75 Å². The summed E-state index contributed by atoms with van der Waals surface area (Å²) >= 11 is 0. The van der Waals surface area contributed by atoms with Gasteiger partial charge >= 0.3 is 0 Å². The van der Waals surface area contributed by atoms with Crippen molar-refractivity contribution in [2.45, 2.75) is 46.5 Å². The van der Waals surface area contributed by atoms with Gasteiger partial charge in [-0.25, -0.2) is 0 Å². The number of hydrogen-bond donors (Lipinski definition) is 0. The second-order valence-electron chi connectivity index (χ2n) is 5.24. The van der Waals surface area contributed by atoms with Crippen molar-refractivity contribution in [3.8, 4) is 5.75 Å². The molecule has 0 fully saturated rings. The Bertz CT molecular complexity index is 394. The normalized spacial score (nSPS) is 10.7. The molecule has 0 saturated carbocycles. The minimum atomic E-state index is 0.216. The molecule has 0 heterocycles. The van der Waals surface area contributed by atoms with Crippen LogP contribution in [0.5, 0.6) is 5.75 Å². The Labute approximate surface area is 122 Å². The van der Waals surface area contributed by atoms with Crippen molar-refractivity contribution in [2.75, 3.05) is 19.7 Å². The molecule has 0 bridgehead atoms. The Morgan fingerprint density at radius 3 is 2.25 bits per heavy atom. The highest BCUT2D eigenvalue weighted by molar-refractivity contribution is 5.76. The van der Waals surface area contributed by atoms with E-state index in [1.54, 1.807) is 0 Å². The smallest absolute Gasteiger partial charge is 0.222 e. The van der Waals surface area contributed by atoms with Crippen LogP contribution in [0, 0.1) is 0 Å². The summed E-state index contributed by atoms with van der Waals surface area (Å²) < 4.78 is 5.67. The van der Waals surface area contributed by atoms with Gasteiger partial charge < -0.3 is 9.64 Å². The van der Waals surface area contributed by atoms with Crippen LogP contribution in [-0.2, 0) is 4.79 Å². The molecule has 0 aliphatic carbocycles. The Hall–Kier alpha value is -1.51. The zero-order valence-electron chi connectivity index (χ0n) is 13.2. The molecule has 0 aliphatic rings. The molecule has 0 aliphatic heterocycles. The molecule has 0 saturated heterocycles. The number of ether oxygens (including phenoxy) is 1. The average Bonchev–Trinajstić information content (AvgIpc) is 2.45. The van der Waals surface area contributed by atoms with Crippen LogP contribution >= 0.6 is 0 Å². The van der Waals surface area contributed by atoms with Crippen LogP contribution in [0.15, 0.2) is 24.3 Å². The lowest BCUT2D eigenvalue weighted by Gasteiger charge is -2.18. The Balaban J connectivity index is 2.29. The van der Waals surface area contributed by atoms with Crippen LogP contribution in [0.2, 0.25) is 0 Å². The van der Waals surface area contributed by atoms with Crippen LogP contribution in [0.3, 0.4) is 0 Å². The zero-order chi connectivity index (χ0) is 15.0. The van der Waals surface area contributed by atoms with Crippen LogP contribution in [0.4, 0.5) is 0 Å². The minimum Gasteiger partial charge on any atom is -0.494 e. The van der Waals surface area contributed by atoms with Crippen LogP contribution in [0.25, 0.3) is 0 Å². The molecule has 1 amide bonds. The van der Waals surface area contributed by atoms with Crippen LogP contribution in [0.1, 0.15) is 52.0 Å². The molecule has 1 aromatic rings. The summed E-state index contributed by atoms with van der Waals surface area (Å²) in [6.45, 7) is 10.5. The minimum absolute atomic E-state index is 0.216. The lowest BCUT2D eigenvalue weighted by Crippen LogP contribution is -2.30. The molecular formula is C17H27NO2. The lowest BCUT2D eigenvalue weighted by atomic mass is 10.0. The summed E-state index contributed by atoms with van der Waals surface area (Å²) in [7, 11) is 0. The fraction of sp³-hybridized carbons (Fsp3) is 0.588. The van der Waals surface area contributed by atoms with E-state index in [4.69, 9.17) is 4.74 Å². The van der Waals surface area contributed by atoms with E-state index >= 15 is 0 Å². The first-order valence-corrected chi connectivity index (χ1v) is 7.59. The first-order valence-electron chi connectivity index (χ1n) is 7.59. The number of amides is 1. The van der Waals surface area contributed by atoms with E-state index in [0.717, 1.165) is 25.3 Å². The summed E-state index contributed by atoms with van der Waals surface area (Å²) in [5.41, 5.74) is 1.31. The van der Waals surface area contributed by atoms with Gasteiger partial charge in [0, 0.05) is 19.5 Å². The quantitative estimate of drug-likeness (QED) is 0.676. The molecule has 1 rings (SSSR count). The Morgan fingerprint density at radius 1 is 1.15 bits per heavy atom. The molecular weight excluding hydrogens is 250 g/mol. The summed E-state index contributed by atoms with van der Waals surface area (Å²) in [5, 5.41) is 0. The van der Waals surface area contributed by atoms with E-state index in [1.165, 1.54) is 5.56 Å². The SMILES string of the molecule is CCN(CC)C(=O)CCCOc1ccc(C(C)C)cc1. The highest BCUT2D eigenvalue weighted by Crippen LogP contribution is 2.18. The molecule has 0 aromatic heterocycles. The zero-order valence-corrected chi connectivity index (χ0v) is 13.2. The van der Waals surface area contributed by atoms with Crippen molar-refractivity contribution >= 4 is 5.91 Å². The van der Waals surface area contributed by atoms with Crippen molar-refractivity contribution in [1.29, 1.82) is 0 Å². The highest BCUT2D eigenvalue weighted by atomic mass is 16.5. The third-order valence-corrected chi connectivity index (χ3v) is 3.47. The number of carbonyl (C=O) groups excluding carboxylic acids is 1. The lowest BCUT2D eigenvalue weighted by molar-refractivity contribution is -0.131. The molecule has 3 nitrogen and oxygen atoms in total. The third kappa shape index (κ3) is 5.24. The molecule has 0 atom stereocenters. The van der Waals surface area contributed by atoms with E-state index in [2.05, 4.69) is 26.0 Å². The van der Waals surface area contributed by atoms with Gasteiger partial charge in [0.05, 0.1) is 6.61 Å². The van der Waals surface area contributed by atoms with Crippen molar-refractivity contribution < 1.29 is 9.53 Å². The molecule has 3 heteroatoms.